The molecular weight excluding hydrogens is 304 g/mol. The van der Waals surface area contributed by atoms with E-state index >= 15 is 0 Å². The van der Waals surface area contributed by atoms with Crippen LogP contribution in [0.25, 0.3) is 0 Å². The Morgan fingerprint density at radius 3 is 2.42 bits per heavy atom. The first kappa shape index (κ1) is 13.7. The number of anilines is 1. The number of hydrogen-bond acceptors (Lipinski definition) is 2. The summed E-state index contributed by atoms with van der Waals surface area (Å²) in [5.41, 5.74) is 4.22. The van der Waals surface area contributed by atoms with Crippen molar-refractivity contribution >= 4 is 27.5 Å². The van der Waals surface area contributed by atoms with Gasteiger partial charge in [-0.15, -0.1) is 0 Å². The molecule has 1 heterocycles. The van der Waals surface area contributed by atoms with Crippen LogP contribution in [0.1, 0.15) is 27.3 Å². The van der Waals surface area contributed by atoms with E-state index in [9.17, 15) is 4.79 Å². The molecule has 1 aromatic heterocycles. The average molecular weight is 319 g/mol. The number of carbonyl (C=O) groups is 1. The minimum absolute atomic E-state index is 0.128. The van der Waals surface area contributed by atoms with Gasteiger partial charge in [0.1, 0.15) is 0 Å². The van der Waals surface area contributed by atoms with Gasteiger partial charge in [0.2, 0.25) is 0 Å². The monoisotopic (exact) mass is 318 g/mol. The van der Waals surface area contributed by atoms with Crippen LogP contribution in [0.15, 0.2) is 36.4 Å². The molecule has 0 bridgehead atoms. The summed E-state index contributed by atoms with van der Waals surface area (Å²) in [6, 6.07) is 11.4. The quantitative estimate of drug-likeness (QED) is 0.873. The Labute approximate surface area is 121 Å². The zero-order chi connectivity index (χ0) is 13.8. The van der Waals surface area contributed by atoms with Gasteiger partial charge in [0, 0.05) is 16.7 Å². The van der Waals surface area contributed by atoms with Crippen LogP contribution >= 0.6 is 15.9 Å². The highest BCUT2D eigenvalue weighted by atomic mass is 79.9. The molecule has 0 radical (unpaired) electrons. The first-order valence-electron chi connectivity index (χ1n) is 6.00. The number of hydrogen-bond donors (Lipinski definition) is 1. The number of rotatable bonds is 3. The van der Waals surface area contributed by atoms with Gasteiger partial charge in [-0.1, -0.05) is 28.1 Å². The molecule has 2 aromatic rings. The molecule has 4 heteroatoms. The van der Waals surface area contributed by atoms with E-state index in [4.69, 9.17) is 0 Å². The van der Waals surface area contributed by atoms with Crippen LogP contribution in [0.4, 0.5) is 5.69 Å². The van der Waals surface area contributed by atoms with E-state index < -0.39 is 0 Å². The fourth-order valence-corrected chi connectivity index (χ4v) is 2.18. The molecule has 1 amide bonds. The van der Waals surface area contributed by atoms with Crippen molar-refractivity contribution in [3.63, 3.8) is 0 Å². The van der Waals surface area contributed by atoms with E-state index in [1.807, 2.05) is 44.2 Å². The van der Waals surface area contributed by atoms with Crippen molar-refractivity contribution in [1.82, 2.24) is 4.98 Å². The van der Waals surface area contributed by atoms with Crippen molar-refractivity contribution < 1.29 is 4.79 Å². The third kappa shape index (κ3) is 3.41. The Kier molecular flexibility index (Phi) is 4.32. The third-order valence-electron chi connectivity index (χ3n) is 2.84. The van der Waals surface area contributed by atoms with Gasteiger partial charge in [-0.3, -0.25) is 9.78 Å². The SMILES string of the molecule is Cc1ccc(C(=O)Nc2ccc(CBr)cc2)c(C)n1. The van der Waals surface area contributed by atoms with E-state index in [1.165, 1.54) is 5.56 Å². The lowest BCUT2D eigenvalue weighted by atomic mass is 10.1. The number of halogens is 1. The highest BCUT2D eigenvalue weighted by molar-refractivity contribution is 9.08. The number of nitrogens with one attached hydrogen (secondary N) is 1. The van der Waals surface area contributed by atoms with Gasteiger partial charge < -0.3 is 5.32 Å². The zero-order valence-corrected chi connectivity index (χ0v) is 12.5. The second kappa shape index (κ2) is 5.97. The molecule has 0 fully saturated rings. The molecule has 19 heavy (non-hydrogen) atoms. The predicted molar refractivity (Wildman–Crippen MR) is 80.7 cm³/mol. The Hall–Kier alpha value is -1.68. The fraction of sp³-hybridized carbons (Fsp3) is 0.200. The summed E-state index contributed by atoms with van der Waals surface area (Å²) in [7, 11) is 0. The molecule has 1 aromatic carbocycles. The summed E-state index contributed by atoms with van der Waals surface area (Å²) in [5, 5.41) is 3.68. The lowest BCUT2D eigenvalue weighted by molar-refractivity contribution is 0.102. The molecule has 0 saturated carbocycles. The van der Waals surface area contributed by atoms with Gasteiger partial charge in [0.05, 0.1) is 11.3 Å². The lowest BCUT2D eigenvalue weighted by Gasteiger charge is -2.08. The van der Waals surface area contributed by atoms with E-state index in [0.717, 1.165) is 22.4 Å². The Bertz CT molecular complexity index is 594. The molecule has 0 aliphatic rings. The third-order valence-corrected chi connectivity index (χ3v) is 3.48. The van der Waals surface area contributed by atoms with Crippen molar-refractivity contribution in [3.05, 3.63) is 58.9 Å². The Morgan fingerprint density at radius 1 is 1.16 bits per heavy atom. The maximum atomic E-state index is 12.1. The molecule has 0 aliphatic carbocycles. The lowest BCUT2D eigenvalue weighted by Crippen LogP contribution is -2.14. The highest BCUT2D eigenvalue weighted by Crippen LogP contribution is 2.14. The van der Waals surface area contributed by atoms with Crippen molar-refractivity contribution in [1.29, 1.82) is 0 Å². The second-order valence-electron chi connectivity index (χ2n) is 4.37. The molecule has 0 spiro atoms. The highest BCUT2D eigenvalue weighted by Gasteiger charge is 2.10. The normalized spacial score (nSPS) is 10.3. The number of carbonyl (C=O) groups excluding carboxylic acids is 1. The van der Waals surface area contributed by atoms with Crippen LogP contribution in [-0.2, 0) is 5.33 Å². The van der Waals surface area contributed by atoms with Crippen molar-refractivity contribution in [2.24, 2.45) is 0 Å². The van der Waals surface area contributed by atoms with Gasteiger partial charge in [-0.2, -0.15) is 0 Å². The second-order valence-corrected chi connectivity index (χ2v) is 4.93. The molecule has 1 N–H and O–H groups in total. The minimum Gasteiger partial charge on any atom is -0.322 e. The Balaban J connectivity index is 2.15. The topological polar surface area (TPSA) is 42.0 Å². The number of nitrogens with zero attached hydrogens (tertiary/aromatic N) is 1. The minimum atomic E-state index is -0.128. The number of pyridine rings is 1. The average Bonchev–Trinajstić information content (AvgIpc) is 2.39. The van der Waals surface area contributed by atoms with Gasteiger partial charge >= 0.3 is 0 Å². The van der Waals surface area contributed by atoms with Crippen molar-refractivity contribution in [3.8, 4) is 0 Å². The Morgan fingerprint density at radius 2 is 1.84 bits per heavy atom. The largest absolute Gasteiger partial charge is 0.322 e. The first-order chi connectivity index (χ1) is 9.10. The molecule has 0 saturated heterocycles. The molecule has 3 nitrogen and oxygen atoms in total. The fourth-order valence-electron chi connectivity index (χ4n) is 1.80. The van der Waals surface area contributed by atoms with Crippen LogP contribution in [-0.4, -0.2) is 10.9 Å². The summed E-state index contributed by atoms with van der Waals surface area (Å²) in [4.78, 5) is 16.4. The molecular formula is C15H15BrN2O. The van der Waals surface area contributed by atoms with Gasteiger partial charge in [-0.25, -0.2) is 0 Å². The summed E-state index contributed by atoms with van der Waals surface area (Å²) < 4.78 is 0. The summed E-state index contributed by atoms with van der Waals surface area (Å²) in [5.74, 6) is -0.128. The number of aromatic nitrogens is 1. The maximum Gasteiger partial charge on any atom is 0.257 e. The molecule has 98 valence electrons. The van der Waals surface area contributed by atoms with E-state index in [2.05, 4.69) is 26.2 Å². The summed E-state index contributed by atoms with van der Waals surface area (Å²) >= 11 is 3.39. The standard InChI is InChI=1S/C15H15BrN2O/c1-10-3-8-14(11(2)17-10)15(19)18-13-6-4-12(9-16)5-7-13/h3-8H,9H2,1-2H3,(H,18,19). The zero-order valence-electron chi connectivity index (χ0n) is 10.9. The number of amides is 1. The van der Waals surface area contributed by atoms with Crippen LogP contribution in [0.5, 0.6) is 0 Å². The van der Waals surface area contributed by atoms with Crippen LogP contribution in [0.3, 0.4) is 0 Å². The maximum absolute atomic E-state index is 12.1. The number of alkyl halides is 1. The summed E-state index contributed by atoms with van der Waals surface area (Å²) in [6.45, 7) is 3.75. The molecule has 0 atom stereocenters. The smallest absolute Gasteiger partial charge is 0.257 e. The summed E-state index contributed by atoms with van der Waals surface area (Å²) in [6.07, 6.45) is 0. The van der Waals surface area contributed by atoms with Crippen LogP contribution < -0.4 is 5.32 Å². The predicted octanol–water partition coefficient (Wildman–Crippen LogP) is 3.85. The molecule has 2 rings (SSSR count). The van der Waals surface area contributed by atoms with Crippen molar-refractivity contribution in [2.45, 2.75) is 19.2 Å². The van der Waals surface area contributed by atoms with E-state index in [1.54, 1.807) is 6.07 Å². The van der Waals surface area contributed by atoms with E-state index in [-0.39, 0.29) is 5.91 Å². The van der Waals surface area contributed by atoms with E-state index in [0.29, 0.717) is 5.56 Å². The van der Waals surface area contributed by atoms with Crippen LogP contribution in [0, 0.1) is 13.8 Å². The van der Waals surface area contributed by atoms with Gasteiger partial charge in [0.15, 0.2) is 0 Å². The first-order valence-corrected chi connectivity index (χ1v) is 7.13. The van der Waals surface area contributed by atoms with Crippen LogP contribution in [0.2, 0.25) is 0 Å². The number of aryl methyl sites for hydroxylation is 2. The van der Waals surface area contributed by atoms with Gasteiger partial charge in [-0.05, 0) is 43.7 Å². The molecule has 0 aliphatic heterocycles. The van der Waals surface area contributed by atoms with Gasteiger partial charge in [0.25, 0.3) is 5.91 Å². The van der Waals surface area contributed by atoms with Crippen molar-refractivity contribution in [2.75, 3.05) is 5.32 Å². The molecule has 0 unspecified atom stereocenters. The number of benzene rings is 1.